The van der Waals surface area contributed by atoms with E-state index in [4.69, 9.17) is 12.2 Å². The van der Waals surface area contributed by atoms with E-state index < -0.39 is 18.6 Å². The van der Waals surface area contributed by atoms with E-state index in [9.17, 15) is 22.8 Å². The summed E-state index contributed by atoms with van der Waals surface area (Å²) in [5.74, 6) is -0.880. The number of carbonyl (C=O) groups is 1. The van der Waals surface area contributed by atoms with E-state index >= 15 is 0 Å². The quantitative estimate of drug-likeness (QED) is 0.831. The highest BCUT2D eigenvalue weighted by atomic mass is 32.1. The summed E-state index contributed by atoms with van der Waals surface area (Å²) in [5, 5.41) is 2.05. The van der Waals surface area contributed by atoms with Crippen molar-refractivity contribution in [1.29, 1.82) is 0 Å². The van der Waals surface area contributed by atoms with Crippen LogP contribution in [0.25, 0.3) is 10.9 Å². The summed E-state index contributed by atoms with van der Waals surface area (Å²) in [7, 11) is 1.49. The van der Waals surface area contributed by atoms with Gasteiger partial charge in [-0.05, 0) is 30.4 Å². The van der Waals surface area contributed by atoms with E-state index in [1.165, 1.54) is 29.8 Å². The van der Waals surface area contributed by atoms with Gasteiger partial charge in [0.1, 0.15) is 6.54 Å². The van der Waals surface area contributed by atoms with Crippen molar-refractivity contribution in [2.24, 2.45) is 7.05 Å². The van der Waals surface area contributed by atoms with E-state index in [1.54, 1.807) is 5.32 Å². The highest BCUT2D eigenvalue weighted by Crippen LogP contribution is 2.14. The molecule has 2 aromatic rings. The Hall–Kier alpha value is -2.16. The molecule has 9 heteroatoms. The van der Waals surface area contributed by atoms with E-state index in [0.29, 0.717) is 10.9 Å². The molecule has 0 aliphatic carbocycles. The zero-order valence-electron chi connectivity index (χ0n) is 10.7. The lowest BCUT2D eigenvalue weighted by atomic mass is 10.1. The lowest BCUT2D eigenvalue weighted by Gasteiger charge is -2.09. The van der Waals surface area contributed by atoms with Gasteiger partial charge in [-0.2, -0.15) is 13.2 Å². The van der Waals surface area contributed by atoms with Gasteiger partial charge in [-0.25, -0.2) is 0 Å². The number of hydrogen-bond acceptors (Lipinski definition) is 3. The zero-order valence-corrected chi connectivity index (χ0v) is 11.6. The van der Waals surface area contributed by atoms with Crippen molar-refractivity contribution in [2.45, 2.75) is 6.18 Å². The fourth-order valence-electron chi connectivity index (χ4n) is 1.73. The van der Waals surface area contributed by atoms with Crippen LogP contribution in [-0.4, -0.2) is 28.2 Å². The Kier molecular flexibility index (Phi) is 3.86. The molecule has 0 saturated heterocycles. The Bertz CT molecular complexity index is 823. The van der Waals surface area contributed by atoms with Crippen molar-refractivity contribution in [1.82, 2.24) is 14.9 Å². The van der Waals surface area contributed by atoms with Gasteiger partial charge < -0.3 is 10.3 Å². The molecule has 1 aromatic carbocycles. The number of halogens is 3. The molecule has 0 aliphatic heterocycles. The lowest BCUT2D eigenvalue weighted by molar-refractivity contribution is -0.123. The Morgan fingerprint density at radius 3 is 2.71 bits per heavy atom. The number of aromatic nitrogens is 2. The van der Waals surface area contributed by atoms with E-state index in [0.717, 1.165) is 0 Å². The highest BCUT2D eigenvalue weighted by Gasteiger charge is 2.27. The molecule has 0 spiro atoms. The summed E-state index contributed by atoms with van der Waals surface area (Å²) in [6, 6.07) is 3.94. The first-order chi connectivity index (χ1) is 9.69. The fraction of sp³-hybridized carbons (Fsp3) is 0.250. The molecular formula is C12H10F3N3O2S. The second-order valence-corrected chi connectivity index (χ2v) is 4.74. The number of amides is 1. The number of carbonyl (C=O) groups excluding carboxylic acids is 1. The number of alkyl halides is 3. The van der Waals surface area contributed by atoms with E-state index in [2.05, 4.69) is 4.98 Å². The average molecular weight is 317 g/mol. The number of rotatable bonds is 2. The Morgan fingerprint density at radius 1 is 1.43 bits per heavy atom. The molecule has 1 amide bonds. The van der Waals surface area contributed by atoms with Crippen molar-refractivity contribution in [2.75, 3.05) is 6.54 Å². The number of hydrogen-bond donors (Lipinski definition) is 2. The van der Waals surface area contributed by atoms with Crippen LogP contribution in [0, 0.1) is 4.77 Å². The van der Waals surface area contributed by atoms with Crippen LogP contribution in [0.15, 0.2) is 23.0 Å². The normalized spacial score (nSPS) is 11.6. The predicted octanol–water partition coefficient (Wildman–Crippen LogP) is 1.89. The number of nitrogens with one attached hydrogen (secondary N) is 2. The van der Waals surface area contributed by atoms with Crippen LogP contribution in [0.5, 0.6) is 0 Å². The number of benzene rings is 1. The first-order valence-electron chi connectivity index (χ1n) is 5.77. The van der Waals surface area contributed by atoms with Crippen molar-refractivity contribution in [3.05, 3.63) is 38.9 Å². The third kappa shape index (κ3) is 3.30. The van der Waals surface area contributed by atoms with Crippen LogP contribution in [0.1, 0.15) is 10.4 Å². The Morgan fingerprint density at radius 2 is 2.10 bits per heavy atom. The monoisotopic (exact) mass is 317 g/mol. The van der Waals surface area contributed by atoms with Crippen LogP contribution in [0.2, 0.25) is 0 Å². The smallest absolute Gasteiger partial charge is 0.343 e. The third-order valence-electron chi connectivity index (χ3n) is 2.81. The predicted molar refractivity (Wildman–Crippen MR) is 72.8 cm³/mol. The number of aromatic amines is 1. The second-order valence-electron chi connectivity index (χ2n) is 4.35. The molecule has 112 valence electrons. The minimum absolute atomic E-state index is 0.00523. The maximum Gasteiger partial charge on any atom is 0.405 e. The molecule has 2 N–H and O–H groups in total. The molecule has 0 bridgehead atoms. The first-order valence-corrected chi connectivity index (χ1v) is 6.18. The summed E-state index contributed by atoms with van der Waals surface area (Å²) >= 11 is 4.94. The molecule has 5 nitrogen and oxygen atoms in total. The molecule has 1 aromatic heterocycles. The summed E-state index contributed by atoms with van der Waals surface area (Å²) in [6.07, 6.45) is -4.48. The van der Waals surface area contributed by atoms with Crippen molar-refractivity contribution < 1.29 is 18.0 Å². The van der Waals surface area contributed by atoms with Gasteiger partial charge >= 0.3 is 6.18 Å². The number of nitrogens with zero attached hydrogens (tertiary/aromatic N) is 1. The molecule has 0 saturated carbocycles. The van der Waals surface area contributed by atoms with Gasteiger partial charge in [0, 0.05) is 12.6 Å². The zero-order chi connectivity index (χ0) is 15.8. The molecule has 1 heterocycles. The van der Waals surface area contributed by atoms with E-state index in [1.807, 2.05) is 0 Å². The third-order valence-corrected chi connectivity index (χ3v) is 3.19. The Balaban J connectivity index is 2.40. The minimum Gasteiger partial charge on any atom is -0.343 e. The van der Waals surface area contributed by atoms with Gasteiger partial charge in [-0.15, -0.1) is 0 Å². The van der Waals surface area contributed by atoms with Gasteiger partial charge in [-0.3, -0.25) is 14.2 Å². The van der Waals surface area contributed by atoms with E-state index in [-0.39, 0.29) is 15.9 Å². The van der Waals surface area contributed by atoms with Crippen molar-refractivity contribution >= 4 is 29.0 Å². The highest BCUT2D eigenvalue weighted by molar-refractivity contribution is 7.71. The molecule has 0 radical (unpaired) electrons. The van der Waals surface area contributed by atoms with Crippen LogP contribution in [0.4, 0.5) is 13.2 Å². The summed E-state index contributed by atoms with van der Waals surface area (Å²) in [5.41, 5.74) is -0.0515. The number of fused-ring (bicyclic) bond motifs is 1. The largest absolute Gasteiger partial charge is 0.405 e. The summed E-state index contributed by atoms with van der Waals surface area (Å²) < 4.78 is 37.5. The van der Waals surface area contributed by atoms with Crippen LogP contribution < -0.4 is 10.9 Å². The minimum atomic E-state index is -4.48. The molecular weight excluding hydrogens is 307 g/mol. The molecule has 0 atom stereocenters. The van der Waals surface area contributed by atoms with Gasteiger partial charge in [0.2, 0.25) is 0 Å². The first kappa shape index (κ1) is 15.2. The maximum absolute atomic E-state index is 12.1. The van der Waals surface area contributed by atoms with Crippen LogP contribution in [0.3, 0.4) is 0 Å². The van der Waals surface area contributed by atoms with Gasteiger partial charge in [-0.1, -0.05) is 0 Å². The van der Waals surface area contributed by atoms with Crippen LogP contribution in [-0.2, 0) is 7.05 Å². The molecule has 2 rings (SSSR count). The summed E-state index contributed by atoms with van der Waals surface area (Å²) in [6.45, 7) is -1.42. The molecule has 0 aliphatic rings. The van der Waals surface area contributed by atoms with Crippen LogP contribution >= 0.6 is 12.2 Å². The van der Waals surface area contributed by atoms with Gasteiger partial charge in [0.25, 0.3) is 11.5 Å². The lowest BCUT2D eigenvalue weighted by Crippen LogP contribution is -2.33. The fourth-order valence-corrected chi connectivity index (χ4v) is 1.92. The van der Waals surface area contributed by atoms with Crippen molar-refractivity contribution in [3.8, 4) is 0 Å². The SMILES string of the molecule is Cn1c(=S)[nH]c2cc(C(=O)NCC(F)(F)F)ccc2c1=O. The molecule has 0 fully saturated rings. The van der Waals surface area contributed by atoms with Crippen molar-refractivity contribution in [3.63, 3.8) is 0 Å². The Labute approximate surface area is 121 Å². The summed E-state index contributed by atoms with van der Waals surface area (Å²) in [4.78, 5) is 26.3. The maximum atomic E-state index is 12.1. The van der Waals surface area contributed by atoms with Gasteiger partial charge in [0.05, 0.1) is 10.9 Å². The van der Waals surface area contributed by atoms with Gasteiger partial charge in [0.15, 0.2) is 4.77 Å². The number of H-pyrrole nitrogens is 1. The second kappa shape index (κ2) is 5.32. The standard InChI is InChI=1S/C12H10F3N3O2S/c1-18-10(20)7-3-2-6(4-8(7)17-11(18)21)9(19)16-5-12(13,14)15/h2-4H,5H2,1H3,(H,16,19)(H,17,21). The molecule has 21 heavy (non-hydrogen) atoms. The average Bonchev–Trinajstić information content (AvgIpc) is 2.41. The topological polar surface area (TPSA) is 66.9 Å². The molecule has 0 unspecified atom stereocenters.